The summed E-state index contributed by atoms with van der Waals surface area (Å²) in [5.74, 6) is -1.23. The van der Waals surface area contributed by atoms with Crippen molar-refractivity contribution in [2.75, 3.05) is 0 Å². The van der Waals surface area contributed by atoms with Gasteiger partial charge in [0.1, 0.15) is 6.54 Å². The first-order valence-electron chi connectivity index (χ1n) is 6.94. The van der Waals surface area contributed by atoms with E-state index in [-0.39, 0.29) is 12.1 Å². The Morgan fingerprint density at radius 3 is 2.25 bits per heavy atom. The number of hydrazine groups is 1. The standard InChI is InChI=1S/C15H15F3N4O2/c1-9-7-10(2)22(21-9)8-13(23)19-20-14(24)11-3-5-12(6-4-11)15(16,17)18/h3-7H,8H2,1-2H3,(H,19,23)(H,20,24). The van der Waals surface area contributed by atoms with Gasteiger partial charge in [0.05, 0.1) is 11.3 Å². The highest BCUT2D eigenvalue weighted by Crippen LogP contribution is 2.28. The van der Waals surface area contributed by atoms with E-state index >= 15 is 0 Å². The predicted octanol–water partition coefficient (Wildman–Crippen LogP) is 1.98. The average molecular weight is 340 g/mol. The molecule has 2 amide bonds. The van der Waals surface area contributed by atoms with Gasteiger partial charge in [-0.05, 0) is 44.2 Å². The van der Waals surface area contributed by atoms with Crippen molar-refractivity contribution >= 4 is 11.8 Å². The number of nitrogens with zero attached hydrogens (tertiary/aromatic N) is 2. The molecule has 0 aliphatic rings. The van der Waals surface area contributed by atoms with E-state index in [0.717, 1.165) is 35.7 Å². The third-order valence-corrected chi connectivity index (χ3v) is 3.19. The molecule has 0 fully saturated rings. The summed E-state index contributed by atoms with van der Waals surface area (Å²) in [7, 11) is 0. The van der Waals surface area contributed by atoms with Gasteiger partial charge in [0.2, 0.25) is 0 Å². The Labute approximate surface area is 135 Å². The first-order chi connectivity index (χ1) is 11.2. The number of alkyl halides is 3. The first kappa shape index (κ1) is 17.5. The second kappa shape index (κ2) is 6.73. The van der Waals surface area contributed by atoms with Crippen molar-refractivity contribution in [3.8, 4) is 0 Å². The Balaban J connectivity index is 1.90. The molecule has 0 unspecified atom stereocenters. The van der Waals surface area contributed by atoms with E-state index in [9.17, 15) is 22.8 Å². The van der Waals surface area contributed by atoms with E-state index in [2.05, 4.69) is 16.0 Å². The number of carbonyl (C=O) groups is 2. The van der Waals surface area contributed by atoms with Gasteiger partial charge in [0, 0.05) is 11.3 Å². The minimum absolute atomic E-state index is 0.00517. The maximum Gasteiger partial charge on any atom is 0.416 e. The lowest BCUT2D eigenvalue weighted by atomic mass is 10.1. The molecule has 24 heavy (non-hydrogen) atoms. The van der Waals surface area contributed by atoms with Crippen molar-refractivity contribution in [2.45, 2.75) is 26.6 Å². The molecule has 6 nitrogen and oxygen atoms in total. The lowest BCUT2D eigenvalue weighted by Crippen LogP contribution is -2.43. The summed E-state index contributed by atoms with van der Waals surface area (Å²) in [4.78, 5) is 23.6. The van der Waals surface area contributed by atoms with Crippen molar-refractivity contribution < 1.29 is 22.8 Å². The fourth-order valence-electron chi connectivity index (χ4n) is 2.02. The van der Waals surface area contributed by atoms with Gasteiger partial charge in [0.15, 0.2) is 0 Å². The van der Waals surface area contributed by atoms with Crippen molar-refractivity contribution in [1.29, 1.82) is 0 Å². The number of amides is 2. The van der Waals surface area contributed by atoms with Crippen LogP contribution < -0.4 is 10.9 Å². The molecule has 128 valence electrons. The molecule has 2 aromatic rings. The van der Waals surface area contributed by atoms with Gasteiger partial charge in [-0.1, -0.05) is 0 Å². The zero-order valence-electron chi connectivity index (χ0n) is 12.9. The topological polar surface area (TPSA) is 76.0 Å². The van der Waals surface area contributed by atoms with Crippen LogP contribution in [0.15, 0.2) is 30.3 Å². The van der Waals surface area contributed by atoms with Crippen LogP contribution in [0.1, 0.15) is 27.3 Å². The number of aromatic nitrogens is 2. The zero-order valence-corrected chi connectivity index (χ0v) is 12.9. The summed E-state index contributed by atoms with van der Waals surface area (Å²) in [6.45, 7) is 3.48. The van der Waals surface area contributed by atoms with Crippen molar-refractivity contribution in [3.05, 3.63) is 52.8 Å². The normalized spacial score (nSPS) is 11.2. The summed E-state index contributed by atoms with van der Waals surface area (Å²) in [6.07, 6.45) is -4.47. The minimum atomic E-state index is -4.47. The van der Waals surface area contributed by atoms with Crippen LogP contribution in [-0.2, 0) is 17.5 Å². The molecule has 0 saturated carbocycles. The van der Waals surface area contributed by atoms with Gasteiger partial charge in [-0.15, -0.1) is 0 Å². The molecule has 0 atom stereocenters. The maximum absolute atomic E-state index is 12.5. The van der Waals surface area contributed by atoms with Crippen LogP contribution >= 0.6 is 0 Å². The number of aryl methyl sites for hydroxylation is 2. The van der Waals surface area contributed by atoms with E-state index in [4.69, 9.17) is 0 Å². The molecule has 1 aromatic heterocycles. The Morgan fingerprint density at radius 1 is 1.12 bits per heavy atom. The van der Waals surface area contributed by atoms with Gasteiger partial charge >= 0.3 is 6.18 Å². The highest BCUT2D eigenvalue weighted by molar-refractivity contribution is 5.95. The van der Waals surface area contributed by atoms with Gasteiger partial charge in [-0.3, -0.25) is 25.1 Å². The predicted molar refractivity (Wildman–Crippen MR) is 78.8 cm³/mol. The summed E-state index contributed by atoms with van der Waals surface area (Å²) in [6, 6.07) is 5.46. The smallest absolute Gasteiger partial charge is 0.271 e. The van der Waals surface area contributed by atoms with Gasteiger partial charge in [0.25, 0.3) is 11.8 Å². The van der Waals surface area contributed by atoms with Crippen LogP contribution in [0.4, 0.5) is 13.2 Å². The van der Waals surface area contributed by atoms with Gasteiger partial charge in [-0.25, -0.2) is 0 Å². The second-order valence-electron chi connectivity index (χ2n) is 5.16. The van der Waals surface area contributed by atoms with E-state index in [0.29, 0.717) is 0 Å². The van der Waals surface area contributed by atoms with Crippen molar-refractivity contribution in [2.24, 2.45) is 0 Å². The molecular weight excluding hydrogens is 325 g/mol. The zero-order chi connectivity index (χ0) is 17.9. The van der Waals surface area contributed by atoms with E-state index < -0.39 is 23.6 Å². The highest BCUT2D eigenvalue weighted by atomic mass is 19.4. The van der Waals surface area contributed by atoms with Crippen LogP contribution in [-0.4, -0.2) is 21.6 Å². The summed E-state index contributed by atoms with van der Waals surface area (Å²) in [5, 5.41) is 4.10. The Hall–Kier alpha value is -2.84. The van der Waals surface area contributed by atoms with Crippen molar-refractivity contribution in [1.82, 2.24) is 20.6 Å². The molecule has 1 aromatic carbocycles. The quantitative estimate of drug-likeness (QED) is 0.839. The molecule has 0 spiro atoms. The molecule has 9 heteroatoms. The maximum atomic E-state index is 12.5. The fraction of sp³-hybridized carbons (Fsp3) is 0.267. The van der Waals surface area contributed by atoms with Crippen molar-refractivity contribution in [3.63, 3.8) is 0 Å². The van der Waals surface area contributed by atoms with Gasteiger partial charge in [-0.2, -0.15) is 18.3 Å². The summed E-state index contributed by atoms with van der Waals surface area (Å²) in [5.41, 5.74) is 5.02. The number of hydrogen-bond donors (Lipinski definition) is 2. The van der Waals surface area contributed by atoms with Crippen LogP contribution in [0.3, 0.4) is 0 Å². The Kier molecular flexibility index (Phi) is 4.91. The largest absolute Gasteiger partial charge is 0.416 e. The molecule has 0 bridgehead atoms. The Morgan fingerprint density at radius 2 is 1.75 bits per heavy atom. The monoisotopic (exact) mass is 340 g/mol. The number of halogens is 3. The number of hydrogen-bond acceptors (Lipinski definition) is 3. The molecule has 1 heterocycles. The van der Waals surface area contributed by atoms with E-state index in [1.54, 1.807) is 19.9 Å². The minimum Gasteiger partial charge on any atom is -0.271 e. The van der Waals surface area contributed by atoms with Crippen LogP contribution in [0.25, 0.3) is 0 Å². The van der Waals surface area contributed by atoms with Crippen LogP contribution in [0.2, 0.25) is 0 Å². The van der Waals surface area contributed by atoms with Crippen LogP contribution in [0.5, 0.6) is 0 Å². The summed E-state index contributed by atoms with van der Waals surface area (Å²) >= 11 is 0. The molecule has 2 N–H and O–H groups in total. The molecule has 0 aliphatic carbocycles. The highest BCUT2D eigenvalue weighted by Gasteiger charge is 2.30. The number of benzene rings is 1. The lowest BCUT2D eigenvalue weighted by molar-refractivity contribution is -0.137. The van der Waals surface area contributed by atoms with E-state index in [1.165, 1.54) is 4.68 Å². The number of nitrogens with one attached hydrogen (secondary N) is 2. The third-order valence-electron chi connectivity index (χ3n) is 3.19. The molecule has 0 radical (unpaired) electrons. The summed E-state index contributed by atoms with van der Waals surface area (Å²) < 4.78 is 38.8. The molecule has 0 aliphatic heterocycles. The number of rotatable bonds is 3. The SMILES string of the molecule is Cc1cc(C)n(CC(=O)NNC(=O)c2ccc(C(F)(F)F)cc2)n1. The van der Waals surface area contributed by atoms with E-state index in [1.807, 2.05) is 0 Å². The lowest BCUT2D eigenvalue weighted by Gasteiger charge is -2.10. The molecule has 2 rings (SSSR count). The Bertz CT molecular complexity index is 751. The second-order valence-corrected chi connectivity index (χ2v) is 5.16. The average Bonchev–Trinajstić information content (AvgIpc) is 2.81. The van der Waals surface area contributed by atoms with Gasteiger partial charge < -0.3 is 0 Å². The first-order valence-corrected chi connectivity index (χ1v) is 6.94. The molecular formula is C15H15F3N4O2. The third kappa shape index (κ3) is 4.34. The van der Waals surface area contributed by atoms with Crippen LogP contribution in [0, 0.1) is 13.8 Å². The molecule has 0 saturated heterocycles. The fourth-order valence-corrected chi connectivity index (χ4v) is 2.02. The number of carbonyl (C=O) groups excluding carboxylic acids is 2.